The molecule has 4 rings (SSSR count). The predicted octanol–water partition coefficient (Wildman–Crippen LogP) is 4.17. The van der Waals surface area contributed by atoms with E-state index in [1.165, 1.54) is 4.90 Å². The molecule has 2 aromatic rings. The highest BCUT2D eigenvalue weighted by Crippen LogP contribution is 2.42. The van der Waals surface area contributed by atoms with Crippen LogP contribution in [0, 0.1) is 11.8 Å². The van der Waals surface area contributed by atoms with Crippen LogP contribution in [0.2, 0.25) is 0 Å². The first-order chi connectivity index (χ1) is 13.0. The molecule has 2 amide bonds. The van der Waals surface area contributed by atoms with E-state index in [2.05, 4.69) is 29.8 Å². The monoisotopic (exact) mass is 428 g/mol. The molecule has 140 valence electrons. The predicted molar refractivity (Wildman–Crippen MR) is 107 cm³/mol. The van der Waals surface area contributed by atoms with Crippen molar-refractivity contribution in [2.75, 3.05) is 9.96 Å². The summed E-state index contributed by atoms with van der Waals surface area (Å²) in [4.78, 5) is 33.6. The van der Waals surface area contributed by atoms with Gasteiger partial charge < -0.3 is 0 Å². The number of carbonyl (C=O) groups is 2. The summed E-state index contributed by atoms with van der Waals surface area (Å²) in [6.45, 7) is 4.23. The quantitative estimate of drug-likeness (QED) is 0.685. The molecule has 0 aromatic heterocycles. The third kappa shape index (κ3) is 3.17. The normalized spacial score (nSPS) is 24.8. The summed E-state index contributed by atoms with van der Waals surface area (Å²) in [7, 11) is 0. The van der Waals surface area contributed by atoms with E-state index >= 15 is 0 Å². The Hall–Kier alpha value is -2.18. The van der Waals surface area contributed by atoms with Crippen molar-refractivity contribution >= 4 is 39.1 Å². The molecule has 2 aromatic carbocycles. The Balaban J connectivity index is 1.69. The molecular formula is C21H21BrN2O3. The lowest BCUT2D eigenvalue weighted by atomic mass is 9.90. The molecule has 27 heavy (non-hydrogen) atoms. The summed E-state index contributed by atoms with van der Waals surface area (Å²) < 4.78 is 0.898. The molecule has 0 bridgehead atoms. The van der Waals surface area contributed by atoms with Gasteiger partial charge in [-0.3, -0.25) is 14.4 Å². The van der Waals surface area contributed by atoms with Crippen LogP contribution in [0.15, 0.2) is 59.1 Å². The van der Waals surface area contributed by atoms with Gasteiger partial charge in [0.1, 0.15) is 0 Å². The highest BCUT2D eigenvalue weighted by Gasteiger charge is 2.59. The van der Waals surface area contributed by atoms with Crippen LogP contribution in [-0.2, 0) is 14.4 Å². The number of hydrogen-bond donors (Lipinski definition) is 0. The zero-order chi connectivity index (χ0) is 19.1. The minimum Gasteiger partial charge on any atom is -0.273 e. The van der Waals surface area contributed by atoms with E-state index < -0.39 is 12.0 Å². The smallest absolute Gasteiger partial charge is 0.266 e. The zero-order valence-electron chi connectivity index (χ0n) is 15.2. The molecule has 5 nitrogen and oxygen atoms in total. The number of amides is 2. The number of anilines is 2. The Bertz CT molecular complexity index is 853. The lowest BCUT2D eigenvalue weighted by Gasteiger charge is -2.29. The van der Waals surface area contributed by atoms with Gasteiger partial charge in [-0.05, 0) is 48.7 Å². The fourth-order valence-electron chi connectivity index (χ4n) is 3.89. The number of halogens is 1. The van der Waals surface area contributed by atoms with E-state index in [1.54, 1.807) is 17.2 Å². The first-order valence-electron chi connectivity index (χ1n) is 9.12. The minimum absolute atomic E-state index is 0.172. The van der Waals surface area contributed by atoms with Crippen LogP contribution in [-0.4, -0.2) is 24.0 Å². The Morgan fingerprint density at radius 1 is 0.963 bits per heavy atom. The lowest BCUT2D eigenvalue weighted by molar-refractivity contribution is -0.126. The molecule has 0 unspecified atom stereocenters. The number of benzene rings is 2. The third-order valence-corrected chi connectivity index (χ3v) is 5.58. The van der Waals surface area contributed by atoms with Gasteiger partial charge >= 0.3 is 0 Å². The van der Waals surface area contributed by atoms with Crippen molar-refractivity contribution in [3.63, 3.8) is 0 Å². The van der Waals surface area contributed by atoms with E-state index in [4.69, 9.17) is 4.84 Å². The van der Waals surface area contributed by atoms with E-state index in [9.17, 15) is 9.59 Å². The molecule has 0 saturated carbocycles. The average Bonchev–Trinajstić information content (AvgIpc) is 3.13. The largest absolute Gasteiger partial charge is 0.273 e. The van der Waals surface area contributed by atoms with Crippen molar-refractivity contribution in [1.29, 1.82) is 0 Å². The van der Waals surface area contributed by atoms with Crippen molar-refractivity contribution in [3.05, 3.63) is 59.1 Å². The maximum atomic E-state index is 13.2. The van der Waals surface area contributed by atoms with Crippen LogP contribution < -0.4 is 9.96 Å². The molecule has 0 N–H and O–H groups in total. The highest BCUT2D eigenvalue weighted by molar-refractivity contribution is 9.10. The topological polar surface area (TPSA) is 49.9 Å². The number of carbonyl (C=O) groups excluding carboxylic acids is 2. The van der Waals surface area contributed by atoms with Gasteiger partial charge in [0.25, 0.3) is 5.91 Å². The molecule has 2 fully saturated rings. The van der Waals surface area contributed by atoms with Crippen LogP contribution in [0.3, 0.4) is 0 Å². The van der Waals surface area contributed by atoms with E-state index in [1.807, 2.05) is 42.5 Å². The number of hydroxylamine groups is 1. The van der Waals surface area contributed by atoms with Gasteiger partial charge in [-0.1, -0.05) is 48.0 Å². The van der Waals surface area contributed by atoms with E-state index in [0.29, 0.717) is 11.6 Å². The number of fused-ring (bicyclic) bond motifs is 1. The third-order valence-electron chi connectivity index (χ3n) is 5.05. The van der Waals surface area contributed by atoms with Gasteiger partial charge in [-0.2, -0.15) is 0 Å². The Labute approximate surface area is 167 Å². The second-order valence-corrected chi connectivity index (χ2v) is 8.31. The molecule has 2 heterocycles. The van der Waals surface area contributed by atoms with Crippen molar-refractivity contribution < 1.29 is 14.4 Å². The van der Waals surface area contributed by atoms with Gasteiger partial charge in [0, 0.05) is 4.47 Å². The van der Waals surface area contributed by atoms with Gasteiger partial charge in [0.05, 0.1) is 23.3 Å². The zero-order valence-corrected chi connectivity index (χ0v) is 16.8. The molecule has 0 radical (unpaired) electrons. The number of para-hydroxylation sites is 1. The van der Waals surface area contributed by atoms with Gasteiger partial charge in [0.15, 0.2) is 6.10 Å². The highest BCUT2D eigenvalue weighted by atomic mass is 79.9. The summed E-state index contributed by atoms with van der Waals surface area (Å²) in [5, 5.41) is 1.77. The van der Waals surface area contributed by atoms with Crippen molar-refractivity contribution in [2.24, 2.45) is 11.8 Å². The van der Waals surface area contributed by atoms with Gasteiger partial charge in [0.2, 0.25) is 5.91 Å². The van der Waals surface area contributed by atoms with Crippen LogP contribution in [0.25, 0.3) is 0 Å². The molecule has 2 saturated heterocycles. The standard InChI is InChI=1S/C21H21BrN2O3/c1-13(2)12-17-18-19(27-24(17)16-6-4-3-5-7-16)21(26)23(20(18)25)15-10-8-14(22)9-11-15/h3-11,13,17-19H,12H2,1-2H3/t17-,18+,19-/m1/s1. The van der Waals surface area contributed by atoms with Crippen LogP contribution in [0.4, 0.5) is 11.4 Å². The average molecular weight is 429 g/mol. The maximum absolute atomic E-state index is 13.2. The fourth-order valence-corrected chi connectivity index (χ4v) is 4.15. The van der Waals surface area contributed by atoms with Crippen LogP contribution >= 0.6 is 15.9 Å². The van der Waals surface area contributed by atoms with E-state index in [-0.39, 0.29) is 17.9 Å². The molecule has 2 aliphatic rings. The Morgan fingerprint density at radius 3 is 2.26 bits per heavy atom. The maximum Gasteiger partial charge on any atom is 0.266 e. The first kappa shape index (κ1) is 18.2. The molecule has 2 aliphatic heterocycles. The molecule has 0 aliphatic carbocycles. The van der Waals surface area contributed by atoms with Crippen molar-refractivity contribution in [3.8, 4) is 0 Å². The molecular weight excluding hydrogens is 408 g/mol. The van der Waals surface area contributed by atoms with E-state index in [0.717, 1.165) is 16.6 Å². The summed E-state index contributed by atoms with van der Waals surface area (Å²) in [6.07, 6.45) is -0.00593. The SMILES string of the molecule is CC(C)C[C@@H]1[C@@H]2C(=O)N(c3ccc(Br)cc3)C(=O)[C@@H]2ON1c1ccccc1. The van der Waals surface area contributed by atoms with Crippen LogP contribution in [0.5, 0.6) is 0 Å². The number of hydrogen-bond acceptors (Lipinski definition) is 4. The Morgan fingerprint density at radius 2 is 1.63 bits per heavy atom. The van der Waals surface area contributed by atoms with Crippen LogP contribution in [0.1, 0.15) is 20.3 Å². The molecule has 0 spiro atoms. The van der Waals surface area contributed by atoms with Crippen molar-refractivity contribution in [1.82, 2.24) is 0 Å². The Kier molecular flexibility index (Phi) is 4.78. The summed E-state index contributed by atoms with van der Waals surface area (Å²) in [5.74, 6) is -0.604. The van der Waals surface area contributed by atoms with Gasteiger partial charge in [-0.25, -0.2) is 9.96 Å². The summed E-state index contributed by atoms with van der Waals surface area (Å²) in [6, 6.07) is 16.7. The first-order valence-corrected chi connectivity index (χ1v) is 9.91. The fraction of sp³-hybridized carbons (Fsp3) is 0.333. The van der Waals surface area contributed by atoms with Crippen molar-refractivity contribution in [2.45, 2.75) is 32.4 Å². The molecule has 3 atom stereocenters. The van der Waals surface area contributed by atoms with Gasteiger partial charge in [-0.15, -0.1) is 0 Å². The lowest BCUT2D eigenvalue weighted by Crippen LogP contribution is -2.41. The minimum atomic E-state index is -0.773. The summed E-state index contributed by atoms with van der Waals surface area (Å²) >= 11 is 3.38. The number of rotatable bonds is 4. The summed E-state index contributed by atoms with van der Waals surface area (Å²) in [5.41, 5.74) is 1.45. The second-order valence-electron chi connectivity index (χ2n) is 7.40. The molecule has 6 heteroatoms. The number of imide groups is 1. The number of nitrogens with zero attached hydrogens (tertiary/aromatic N) is 2. The second kappa shape index (κ2) is 7.09.